The summed E-state index contributed by atoms with van der Waals surface area (Å²) in [6.45, 7) is 1.37. The molecule has 6 nitrogen and oxygen atoms in total. The number of aliphatic hydroxyl groups excluding tert-OH is 1. The molecule has 1 amide bonds. The number of nitrogens with zero attached hydrogens (tertiary/aromatic N) is 3. The molecule has 1 aromatic heterocycles. The first-order valence-electron chi connectivity index (χ1n) is 10.5. The number of carbonyl (C=O) groups is 1. The van der Waals surface area contributed by atoms with E-state index >= 15 is 0 Å². The van der Waals surface area contributed by atoms with Gasteiger partial charge in [-0.25, -0.2) is 0 Å². The fourth-order valence-corrected chi connectivity index (χ4v) is 5.02. The molecule has 31 heavy (non-hydrogen) atoms. The van der Waals surface area contributed by atoms with Gasteiger partial charge in [0.1, 0.15) is 5.75 Å². The third kappa shape index (κ3) is 3.38. The van der Waals surface area contributed by atoms with E-state index in [1.807, 2.05) is 41.3 Å². The lowest BCUT2D eigenvalue weighted by molar-refractivity contribution is -0.0488. The van der Waals surface area contributed by atoms with Gasteiger partial charge in [0.05, 0.1) is 13.7 Å². The first kappa shape index (κ1) is 19.7. The molecule has 1 fully saturated rings. The molecule has 3 atom stereocenters. The van der Waals surface area contributed by atoms with Crippen LogP contribution in [0.15, 0.2) is 73.1 Å². The van der Waals surface area contributed by atoms with Gasteiger partial charge in [-0.1, -0.05) is 30.3 Å². The smallest absolute Gasteiger partial charge is 0.258 e. The molecule has 3 heterocycles. The number of carbonyl (C=O) groups excluding carboxylic acids is 1. The van der Waals surface area contributed by atoms with E-state index in [0.717, 1.165) is 22.6 Å². The van der Waals surface area contributed by atoms with Gasteiger partial charge in [0.15, 0.2) is 0 Å². The standard InChI is InChI=1S/C25H25N3O3/c1-31-19-6-4-5-17(13-19)14-27-22-15-28(25(30)18-9-11-26-12-10-18)21-8-3-2-7-20(21)24(22)23(27)16-29/h2-13,22-24,29H,14-16H2,1H3/t22-,23-,24+/m0/s1. The number of para-hydroxylation sites is 1. The van der Waals surface area contributed by atoms with Crippen LogP contribution in [0.25, 0.3) is 0 Å². The molecule has 0 unspecified atom stereocenters. The number of likely N-dealkylation sites (tertiary alicyclic amines) is 1. The minimum absolute atomic E-state index is 0.0236. The van der Waals surface area contributed by atoms with Crippen molar-refractivity contribution < 1.29 is 14.6 Å². The monoisotopic (exact) mass is 415 g/mol. The fourth-order valence-electron chi connectivity index (χ4n) is 5.02. The minimum Gasteiger partial charge on any atom is -0.497 e. The molecular formula is C25H25N3O3. The topological polar surface area (TPSA) is 65.9 Å². The first-order valence-corrected chi connectivity index (χ1v) is 10.5. The highest BCUT2D eigenvalue weighted by Crippen LogP contribution is 2.49. The van der Waals surface area contributed by atoms with Gasteiger partial charge in [-0.2, -0.15) is 0 Å². The summed E-state index contributed by atoms with van der Waals surface area (Å²) in [4.78, 5) is 21.6. The third-order valence-corrected chi connectivity index (χ3v) is 6.50. The third-order valence-electron chi connectivity index (χ3n) is 6.50. The van der Waals surface area contributed by atoms with Gasteiger partial charge < -0.3 is 14.7 Å². The largest absolute Gasteiger partial charge is 0.497 e. The number of ether oxygens (including phenoxy) is 1. The Balaban J connectivity index is 1.48. The normalized spacial score (nSPS) is 22.3. The zero-order chi connectivity index (χ0) is 21.4. The van der Waals surface area contributed by atoms with E-state index in [0.29, 0.717) is 18.7 Å². The number of amides is 1. The average Bonchev–Trinajstić information content (AvgIpc) is 2.83. The van der Waals surface area contributed by atoms with E-state index in [1.165, 1.54) is 0 Å². The van der Waals surface area contributed by atoms with E-state index in [4.69, 9.17) is 4.74 Å². The number of hydrogen-bond acceptors (Lipinski definition) is 5. The van der Waals surface area contributed by atoms with E-state index in [9.17, 15) is 9.90 Å². The summed E-state index contributed by atoms with van der Waals surface area (Å²) in [5.74, 6) is 0.994. The Hall–Kier alpha value is -3.22. The van der Waals surface area contributed by atoms with Crippen molar-refractivity contribution in [3.8, 4) is 5.75 Å². The van der Waals surface area contributed by atoms with Crippen molar-refractivity contribution in [2.45, 2.75) is 24.5 Å². The van der Waals surface area contributed by atoms with Gasteiger partial charge in [-0.3, -0.25) is 14.7 Å². The Bertz CT molecular complexity index is 1090. The lowest BCUT2D eigenvalue weighted by atomic mass is 9.71. The number of pyridine rings is 1. The molecule has 1 N–H and O–H groups in total. The van der Waals surface area contributed by atoms with Crippen LogP contribution in [-0.4, -0.2) is 53.2 Å². The zero-order valence-corrected chi connectivity index (χ0v) is 17.4. The van der Waals surface area contributed by atoms with Gasteiger partial charge >= 0.3 is 0 Å². The maximum absolute atomic E-state index is 13.4. The van der Waals surface area contributed by atoms with Crippen molar-refractivity contribution in [3.05, 3.63) is 89.7 Å². The second kappa shape index (κ2) is 8.13. The Morgan fingerprint density at radius 1 is 1.13 bits per heavy atom. The summed E-state index contributed by atoms with van der Waals surface area (Å²) in [6.07, 6.45) is 3.29. The van der Waals surface area contributed by atoms with Crippen LogP contribution in [0.4, 0.5) is 5.69 Å². The van der Waals surface area contributed by atoms with Crippen LogP contribution in [0.2, 0.25) is 0 Å². The quantitative estimate of drug-likeness (QED) is 0.694. The van der Waals surface area contributed by atoms with E-state index in [-0.39, 0.29) is 30.5 Å². The fraction of sp³-hybridized carbons (Fsp3) is 0.280. The van der Waals surface area contributed by atoms with Gasteiger partial charge in [0, 0.05) is 54.7 Å². The number of rotatable bonds is 5. The number of aliphatic hydroxyl groups is 1. The van der Waals surface area contributed by atoms with Crippen molar-refractivity contribution in [1.82, 2.24) is 9.88 Å². The number of benzene rings is 2. The Kier molecular flexibility index (Phi) is 5.18. The zero-order valence-electron chi connectivity index (χ0n) is 17.4. The molecule has 5 rings (SSSR count). The van der Waals surface area contributed by atoms with Crippen molar-refractivity contribution in [1.29, 1.82) is 0 Å². The van der Waals surface area contributed by atoms with Gasteiger partial charge in [-0.05, 0) is 41.5 Å². The number of aromatic nitrogens is 1. The number of fused-ring (bicyclic) bond motifs is 3. The molecule has 2 aromatic carbocycles. The summed E-state index contributed by atoms with van der Waals surface area (Å²) in [5.41, 5.74) is 3.81. The Labute approximate surface area is 181 Å². The van der Waals surface area contributed by atoms with Crippen molar-refractivity contribution >= 4 is 11.6 Å². The molecule has 0 radical (unpaired) electrons. The van der Waals surface area contributed by atoms with Crippen molar-refractivity contribution in [2.75, 3.05) is 25.2 Å². The van der Waals surface area contributed by atoms with Crippen LogP contribution < -0.4 is 9.64 Å². The van der Waals surface area contributed by atoms with Crippen LogP contribution in [0, 0.1) is 0 Å². The Morgan fingerprint density at radius 3 is 2.71 bits per heavy atom. The molecule has 6 heteroatoms. The highest BCUT2D eigenvalue weighted by Gasteiger charge is 2.53. The molecule has 158 valence electrons. The predicted molar refractivity (Wildman–Crippen MR) is 118 cm³/mol. The average molecular weight is 415 g/mol. The van der Waals surface area contributed by atoms with Crippen molar-refractivity contribution in [2.24, 2.45) is 0 Å². The molecule has 2 aliphatic rings. The van der Waals surface area contributed by atoms with E-state index in [1.54, 1.807) is 31.6 Å². The van der Waals surface area contributed by atoms with Crippen LogP contribution in [0.3, 0.4) is 0 Å². The molecule has 0 aliphatic carbocycles. The molecule has 0 saturated carbocycles. The number of hydrogen-bond donors (Lipinski definition) is 1. The SMILES string of the molecule is COc1cccc(CN2[C@@H](CO)[C@@H]3c4ccccc4N(C(=O)c4ccncc4)C[C@@H]32)c1. The summed E-state index contributed by atoms with van der Waals surface area (Å²) in [7, 11) is 1.66. The van der Waals surface area contributed by atoms with Crippen LogP contribution in [-0.2, 0) is 6.54 Å². The molecule has 3 aromatic rings. The summed E-state index contributed by atoms with van der Waals surface area (Å²) < 4.78 is 5.37. The second-order valence-electron chi connectivity index (χ2n) is 8.08. The molecule has 1 saturated heterocycles. The molecule has 2 aliphatic heterocycles. The van der Waals surface area contributed by atoms with Crippen LogP contribution in [0.5, 0.6) is 5.75 Å². The molecule has 0 bridgehead atoms. The minimum atomic E-state index is -0.0259. The second-order valence-corrected chi connectivity index (χ2v) is 8.08. The maximum atomic E-state index is 13.4. The summed E-state index contributed by atoms with van der Waals surface area (Å²) in [5, 5.41) is 10.2. The van der Waals surface area contributed by atoms with Crippen LogP contribution in [0.1, 0.15) is 27.4 Å². The lowest BCUT2D eigenvalue weighted by Gasteiger charge is -2.59. The van der Waals surface area contributed by atoms with E-state index < -0.39 is 0 Å². The van der Waals surface area contributed by atoms with Crippen LogP contribution >= 0.6 is 0 Å². The maximum Gasteiger partial charge on any atom is 0.258 e. The van der Waals surface area contributed by atoms with E-state index in [2.05, 4.69) is 22.0 Å². The molecule has 0 spiro atoms. The van der Waals surface area contributed by atoms with Crippen molar-refractivity contribution in [3.63, 3.8) is 0 Å². The predicted octanol–water partition coefficient (Wildman–Crippen LogP) is 3.08. The number of anilines is 1. The van der Waals surface area contributed by atoms with Gasteiger partial charge in [0.2, 0.25) is 0 Å². The highest BCUT2D eigenvalue weighted by molar-refractivity contribution is 6.07. The summed E-state index contributed by atoms with van der Waals surface area (Å²) in [6, 6.07) is 19.7. The number of methoxy groups -OCH3 is 1. The first-order chi connectivity index (χ1) is 15.2. The van der Waals surface area contributed by atoms with Gasteiger partial charge in [-0.15, -0.1) is 0 Å². The highest BCUT2D eigenvalue weighted by atomic mass is 16.5. The molecular weight excluding hydrogens is 390 g/mol. The lowest BCUT2D eigenvalue weighted by Crippen LogP contribution is -2.68. The summed E-state index contributed by atoms with van der Waals surface area (Å²) >= 11 is 0. The van der Waals surface area contributed by atoms with Gasteiger partial charge in [0.25, 0.3) is 5.91 Å². The Morgan fingerprint density at radius 2 is 1.94 bits per heavy atom.